The number of carbonyl (C=O) groups excluding carboxylic acids is 4. The summed E-state index contributed by atoms with van der Waals surface area (Å²) in [5.41, 5.74) is 6.30. The number of nitrogens with zero attached hydrogens (tertiary/aromatic N) is 5. The van der Waals surface area contributed by atoms with Gasteiger partial charge in [0, 0.05) is 60.0 Å². The normalized spacial score (nSPS) is 22.6. The Balaban J connectivity index is 0.808. The Morgan fingerprint density at radius 1 is 1.01 bits per heavy atom. The van der Waals surface area contributed by atoms with Crippen molar-refractivity contribution in [1.29, 1.82) is 5.26 Å². The zero-order valence-electron chi connectivity index (χ0n) is 42.3. The number of fused-ring (bicyclic) bond motifs is 1. The van der Waals surface area contributed by atoms with Crippen LogP contribution in [-0.2, 0) is 20.9 Å². The summed E-state index contributed by atoms with van der Waals surface area (Å²) in [5, 5.41) is 26.4. The number of nitriles is 1. The van der Waals surface area contributed by atoms with E-state index >= 15 is 0 Å². The molecule has 1 aromatic heterocycles. The molecule has 4 amide bonds. The van der Waals surface area contributed by atoms with Crippen molar-refractivity contribution >= 4 is 46.6 Å². The summed E-state index contributed by atoms with van der Waals surface area (Å²) in [5.74, 6) is 6.73. The number of hydrogen-bond acceptors (Lipinski definition) is 10. The number of likely N-dealkylation sites (tertiary alicyclic amines) is 2. The van der Waals surface area contributed by atoms with E-state index in [0.29, 0.717) is 40.8 Å². The summed E-state index contributed by atoms with van der Waals surface area (Å²) in [6.45, 7) is 20.2. The zero-order valence-corrected chi connectivity index (χ0v) is 43.8. The van der Waals surface area contributed by atoms with Crippen molar-refractivity contribution in [3.63, 3.8) is 0 Å². The average Bonchev–Trinajstić information content (AvgIpc) is 4.02. The number of benzene rings is 3. The van der Waals surface area contributed by atoms with E-state index in [1.54, 1.807) is 29.5 Å². The molecule has 2 saturated heterocycles. The van der Waals surface area contributed by atoms with Crippen LogP contribution in [0, 0.1) is 52.3 Å². The number of aromatic nitrogens is 1. The fourth-order valence-electron chi connectivity index (χ4n) is 11.7. The molecule has 15 heteroatoms. The van der Waals surface area contributed by atoms with Gasteiger partial charge in [0.25, 0.3) is 5.91 Å². The number of halogens is 1. The summed E-state index contributed by atoms with van der Waals surface area (Å²) >= 11 is 7.89. The van der Waals surface area contributed by atoms with Gasteiger partial charge in [-0.15, -0.1) is 11.3 Å². The molecule has 3 aliphatic heterocycles. The van der Waals surface area contributed by atoms with E-state index in [9.17, 15) is 29.5 Å². The number of nitrogens with one attached hydrogen (secondary N) is 2. The minimum Gasteiger partial charge on any atom is -0.489 e. The average molecular weight is 1000 g/mol. The number of aliphatic hydroxyl groups is 1. The Hall–Kier alpha value is -5.77. The lowest BCUT2D eigenvalue weighted by Gasteiger charge is -2.65. The first-order valence-corrected chi connectivity index (χ1v) is 25.9. The van der Waals surface area contributed by atoms with Crippen LogP contribution in [0.3, 0.4) is 0 Å². The Morgan fingerprint density at radius 3 is 2.35 bits per heavy atom. The molecular weight excluding hydrogens is 934 g/mol. The van der Waals surface area contributed by atoms with Crippen molar-refractivity contribution in [1.82, 2.24) is 30.3 Å². The molecule has 374 valence electrons. The van der Waals surface area contributed by atoms with E-state index in [1.165, 1.54) is 4.90 Å². The fraction of sp³-hybridized carbons (Fsp3) is 0.500. The molecule has 13 nitrogen and oxygen atoms in total. The van der Waals surface area contributed by atoms with Crippen LogP contribution < -0.4 is 15.4 Å². The van der Waals surface area contributed by atoms with Crippen LogP contribution in [0.4, 0.5) is 0 Å². The molecule has 8 rings (SSSR count). The molecule has 0 spiro atoms. The van der Waals surface area contributed by atoms with E-state index < -0.39 is 23.6 Å². The van der Waals surface area contributed by atoms with Crippen LogP contribution in [0.5, 0.6) is 5.75 Å². The van der Waals surface area contributed by atoms with Gasteiger partial charge in [0.15, 0.2) is 0 Å². The van der Waals surface area contributed by atoms with Gasteiger partial charge in [-0.05, 0) is 98.1 Å². The molecule has 0 unspecified atom stereocenters. The molecule has 4 aromatic rings. The van der Waals surface area contributed by atoms with E-state index in [2.05, 4.69) is 66.1 Å². The highest BCUT2D eigenvalue weighted by atomic mass is 35.5. The van der Waals surface area contributed by atoms with Gasteiger partial charge in [0.05, 0.1) is 45.4 Å². The number of amides is 4. The molecule has 0 bridgehead atoms. The summed E-state index contributed by atoms with van der Waals surface area (Å²) in [7, 11) is 0. The lowest BCUT2D eigenvalue weighted by Crippen LogP contribution is -2.74. The number of piperidine rings is 1. The fourth-order valence-corrected chi connectivity index (χ4v) is 12.7. The van der Waals surface area contributed by atoms with Gasteiger partial charge < -0.3 is 30.3 Å². The first-order valence-electron chi connectivity index (χ1n) is 24.7. The molecule has 0 radical (unpaired) electrons. The van der Waals surface area contributed by atoms with Crippen LogP contribution >= 0.6 is 22.9 Å². The zero-order chi connectivity index (χ0) is 51.2. The SMILES string of the molecule is Cc1ncsc1-c1ccc([C@H](C)NC(=O)[C@@H]2C[C@@H](O)CN2C(=O)[C@@H](NC(=O)CN2CCC(CC#Cc3ccc4c(c3)CN(C3C(C)(C)C(Oc5ccc(C#N)c(Cl)c5)C3(C)C)C4=O)CC2)C(C)(C)C)cc1. The monoisotopic (exact) mass is 999 g/mol. The Kier molecular flexibility index (Phi) is 14.8. The van der Waals surface area contributed by atoms with Crippen molar-refractivity contribution in [2.24, 2.45) is 22.2 Å². The van der Waals surface area contributed by atoms with Gasteiger partial charge in [-0.25, -0.2) is 4.98 Å². The second kappa shape index (κ2) is 20.4. The van der Waals surface area contributed by atoms with Gasteiger partial charge in [-0.2, -0.15) is 5.26 Å². The Morgan fingerprint density at radius 2 is 1.72 bits per heavy atom. The largest absolute Gasteiger partial charge is 0.489 e. The maximum atomic E-state index is 14.3. The number of aliphatic hydroxyl groups excluding tert-OH is 1. The van der Waals surface area contributed by atoms with Crippen molar-refractivity contribution in [2.45, 2.75) is 131 Å². The van der Waals surface area contributed by atoms with E-state index in [0.717, 1.165) is 58.8 Å². The number of rotatable bonds is 12. The number of carbonyl (C=O) groups is 4. The van der Waals surface area contributed by atoms with Crippen LogP contribution in [-0.4, -0.2) is 105 Å². The van der Waals surface area contributed by atoms with Gasteiger partial charge >= 0.3 is 0 Å². The molecule has 3 N–H and O–H groups in total. The molecule has 1 saturated carbocycles. The number of aryl methyl sites for hydroxylation is 1. The number of ether oxygens (including phenoxy) is 1. The van der Waals surface area contributed by atoms with E-state index in [-0.39, 0.29) is 72.2 Å². The highest BCUT2D eigenvalue weighted by Crippen LogP contribution is 2.59. The van der Waals surface area contributed by atoms with Gasteiger partial charge in [0.1, 0.15) is 30.0 Å². The van der Waals surface area contributed by atoms with Gasteiger partial charge in [-0.3, -0.25) is 24.1 Å². The number of hydrogen-bond donors (Lipinski definition) is 3. The molecule has 3 aromatic carbocycles. The second-order valence-corrected chi connectivity index (χ2v) is 23.5. The van der Waals surface area contributed by atoms with Crippen LogP contribution in [0.15, 0.2) is 66.2 Å². The summed E-state index contributed by atoms with van der Waals surface area (Å²) < 4.78 is 6.49. The third-order valence-corrected chi connectivity index (χ3v) is 16.4. The lowest BCUT2D eigenvalue weighted by atomic mass is 9.49. The van der Waals surface area contributed by atoms with Crippen molar-refractivity contribution in [3.8, 4) is 34.1 Å². The number of β-amino-alcohol motifs (C(OH)–C–C–N with tert-alkyl or cyclic N) is 1. The van der Waals surface area contributed by atoms with Crippen LogP contribution in [0.25, 0.3) is 10.4 Å². The predicted octanol–water partition coefficient (Wildman–Crippen LogP) is 8.31. The first-order chi connectivity index (χ1) is 33.6. The first kappa shape index (κ1) is 51.6. The van der Waals surface area contributed by atoms with Crippen LogP contribution in [0.1, 0.15) is 125 Å². The standard InChI is InChI=1S/C56H66ClN7O6S/c1-33(37-14-16-38(17-15-37)47-34(2)59-32-71-47)60-49(67)45-26-41(65)30-63(45)51(69)48(54(3,4)5)61-46(66)31-62-23-21-35(22-24-62)11-10-12-36-13-20-43-40(25-36)29-64(50(43)68)52-55(6,7)53(56(52,8)9)70-42-19-18-39(28-58)44(57)27-42/h13-20,25,27,32-33,35,41,45,48,52-53,65H,11,21-24,26,29-31H2,1-9H3,(H,60,67)(H,61,66)/t33-,41+,45-,48+,52?,53?/m0/s1. The Bertz CT molecular complexity index is 2780. The molecule has 4 heterocycles. The summed E-state index contributed by atoms with van der Waals surface area (Å²) in [4.78, 5) is 66.5. The Labute approximate surface area is 427 Å². The summed E-state index contributed by atoms with van der Waals surface area (Å²) in [6.07, 6.45) is 1.53. The van der Waals surface area contributed by atoms with Crippen molar-refractivity contribution in [2.75, 3.05) is 26.2 Å². The highest BCUT2D eigenvalue weighted by molar-refractivity contribution is 7.13. The van der Waals surface area contributed by atoms with Crippen molar-refractivity contribution in [3.05, 3.63) is 105 Å². The third-order valence-electron chi connectivity index (χ3n) is 15.1. The summed E-state index contributed by atoms with van der Waals surface area (Å²) in [6, 6.07) is 18.8. The topological polar surface area (TPSA) is 168 Å². The van der Waals surface area contributed by atoms with E-state index in [1.807, 2.05) is 87.5 Å². The number of thiazole rings is 1. The maximum Gasteiger partial charge on any atom is 0.254 e. The van der Waals surface area contributed by atoms with Crippen LogP contribution in [0.2, 0.25) is 5.02 Å². The minimum atomic E-state index is -0.908. The lowest BCUT2D eigenvalue weighted by molar-refractivity contribution is -0.199. The predicted molar refractivity (Wildman–Crippen MR) is 275 cm³/mol. The molecule has 3 fully saturated rings. The quantitative estimate of drug-likeness (QED) is 0.118. The molecule has 71 heavy (non-hydrogen) atoms. The smallest absolute Gasteiger partial charge is 0.254 e. The van der Waals surface area contributed by atoms with Crippen molar-refractivity contribution < 1.29 is 29.0 Å². The molecule has 4 aliphatic rings. The molecule has 1 aliphatic carbocycles. The van der Waals surface area contributed by atoms with E-state index in [4.69, 9.17) is 16.3 Å². The minimum absolute atomic E-state index is 0.00627. The highest BCUT2D eigenvalue weighted by Gasteiger charge is 2.67. The molecular formula is C56H66ClN7O6S. The molecule has 4 atom stereocenters. The van der Waals surface area contributed by atoms with Gasteiger partial charge in [0.2, 0.25) is 17.7 Å². The third kappa shape index (κ3) is 10.7. The second-order valence-electron chi connectivity index (χ2n) is 22.2. The van der Waals surface area contributed by atoms with Gasteiger partial charge in [-0.1, -0.05) is 96.2 Å². The maximum absolute atomic E-state index is 14.3.